The number of anilines is 2. The van der Waals surface area contributed by atoms with E-state index in [4.69, 9.17) is 0 Å². The molecule has 1 unspecified atom stereocenters. The lowest BCUT2D eigenvalue weighted by molar-refractivity contribution is -0.121. The number of aromatic nitrogens is 1. The van der Waals surface area contributed by atoms with Gasteiger partial charge in [-0.2, -0.15) is 0 Å². The Morgan fingerprint density at radius 1 is 1.29 bits per heavy atom. The first kappa shape index (κ1) is 20.3. The van der Waals surface area contributed by atoms with Gasteiger partial charge in [0.15, 0.2) is 5.13 Å². The molecule has 1 fully saturated rings. The van der Waals surface area contributed by atoms with Gasteiger partial charge in [-0.05, 0) is 37.3 Å². The Kier molecular flexibility index (Phi) is 6.30. The second-order valence-electron chi connectivity index (χ2n) is 6.82. The predicted molar refractivity (Wildman–Crippen MR) is 111 cm³/mol. The number of carbonyl (C=O) groups is 3. The van der Waals surface area contributed by atoms with E-state index in [1.807, 2.05) is 17.5 Å². The first-order valence-corrected chi connectivity index (χ1v) is 10.6. The molecular weight excluding hydrogens is 398 g/mol. The number of rotatable bonds is 4. The van der Waals surface area contributed by atoms with Crippen molar-refractivity contribution >= 4 is 50.7 Å². The summed E-state index contributed by atoms with van der Waals surface area (Å²) in [5.74, 6) is -0.615. The maximum atomic E-state index is 12.7. The van der Waals surface area contributed by atoms with Gasteiger partial charge in [0.05, 0.1) is 16.6 Å². The second-order valence-corrected chi connectivity index (χ2v) is 8.76. The standard InChI is InChI=1S/C18H23N5O3S2/c1-11-14(16(25)22(2)3)28-17(19-11)21-15(24)12-6-4-8-23(10-12)18(26)20-13-7-5-9-27-13/h5,7,9,12H,4,6,8,10H2,1-3H3,(H,20,26)(H,19,21,24). The first-order chi connectivity index (χ1) is 13.3. The number of nitrogens with one attached hydrogen (secondary N) is 2. The number of piperidine rings is 1. The van der Waals surface area contributed by atoms with Crippen molar-refractivity contribution in [3.8, 4) is 0 Å². The minimum Gasteiger partial charge on any atom is -0.344 e. The fourth-order valence-corrected chi connectivity index (χ4v) is 4.57. The smallest absolute Gasteiger partial charge is 0.322 e. The third-order valence-electron chi connectivity index (χ3n) is 4.46. The summed E-state index contributed by atoms with van der Waals surface area (Å²) >= 11 is 2.63. The number of amides is 4. The summed E-state index contributed by atoms with van der Waals surface area (Å²) in [6.07, 6.45) is 1.47. The Bertz CT molecular complexity index is 863. The summed E-state index contributed by atoms with van der Waals surface area (Å²) < 4.78 is 0. The van der Waals surface area contributed by atoms with E-state index in [0.29, 0.717) is 35.2 Å². The van der Waals surface area contributed by atoms with Crippen LogP contribution in [0.5, 0.6) is 0 Å². The zero-order valence-electron chi connectivity index (χ0n) is 16.0. The molecule has 3 rings (SSSR count). The third-order valence-corrected chi connectivity index (χ3v) is 6.30. The quantitative estimate of drug-likeness (QED) is 0.793. The largest absolute Gasteiger partial charge is 0.344 e. The van der Waals surface area contributed by atoms with E-state index in [9.17, 15) is 14.4 Å². The lowest BCUT2D eigenvalue weighted by atomic mass is 9.97. The first-order valence-electron chi connectivity index (χ1n) is 8.94. The monoisotopic (exact) mass is 421 g/mol. The lowest BCUT2D eigenvalue weighted by Crippen LogP contribution is -2.45. The Labute approximate surface area is 171 Å². The zero-order chi connectivity index (χ0) is 20.3. The van der Waals surface area contributed by atoms with Gasteiger partial charge in [-0.1, -0.05) is 11.3 Å². The van der Waals surface area contributed by atoms with Crippen molar-refractivity contribution in [1.82, 2.24) is 14.8 Å². The summed E-state index contributed by atoms with van der Waals surface area (Å²) in [6.45, 7) is 2.73. The van der Waals surface area contributed by atoms with Crippen LogP contribution < -0.4 is 10.6 Å². The molecule has 3 heterocycles. The van der Waals surface area contributed by atoms with Gasteiger partial charge in [0, 0.05) is 27.2 Å². The Hall–Kier alpha value is -2.46. The van der Waals surface area contributed by atoms with Crippen LogP contribution in [0.2, 0.25) is 0 Å². The number of hydrogen-bond donors (Lipinski definition) is 2. The topological polar surface area (TPSA) is 94.6 Å². The van der Waals surface area contributed by atoms with Gasteiger partial charge in [-0.25, -0.2) is 9.78 Å². The van der Waals surface area contributed by atoms with E-state index in [-0.39, 0.29) is 23.8 Å². The third kappa shape index (κ3) is 4.68. The van der Waals surface area contributed by atoms with Crippen molar-refractivity contribution in [1.29, 1.82) is 0 Å². The molecular formula is C18H23N5O3S2. The van der Waals surface area contributed by atoms with Crippen LogP contribution in [0.25, 0.3) is 0 Å². The molecule has 1 saturated heterocycles. The molecule has 0 radical (unpaired) electrons. The Balaban J connectivity index is 1.60. The number of nitrogens with zero attached hydrogens (tertiary/aromatic N) is 3. The number of likely N-dealkylation sites (tertiary alicyclic amines) is 1. The van der Waals surface area contributed by atoms with Crippen LogP contribution >= 0.6 is 22.7 Å². The van der Waals surface area contributed by atoms with Crippen LogP contribution in [0.3, 0.4) is 0 Å². The van der Waals surface area contributed by atoms with Gasteiger partial charge < -0.3 is 15.1 Å². The molecule has 0 spiro atoms. The van der Waals surface area contributed by atoms with E-state index in [1.165, 1.54) is 27.6 Å². The van der Waals surface area contributed by atoms with Crippen molar-refractivity contribution in [3.63, 3.8) is 0 Å². The average molecular weight is 422 g/mol. The van der Waals surface area contributed by atoms with E-state index in [0.717, 1.165) is 11.4 Å². The molecule has 1 aliphatic rings. The average Bonchev–Trinajstić information content (AvgIpc) is 3.30. The van der Waals surface area contributed by atoms with Crippen LogP contribution in [-0.2, 0) is 4.79 Å². The molecule has 0 bridgehead atoms. The molecule has 10 heteroatoms. The summed E-state index contributed by atoms with van der Waals surface area (Å²) in [6, 6.07) is 3.52. The van der Waals surface area contributed by atoms with Gasteiger partial charge in [-0.15, -0.1) is 11.3 Å². The summed E-state index contributed by atoms with van der Waals surface area (Å²) in [5, 5.41) is 8.76. The van der Waals surface area contributed by atoms with E-state index in [2.05, 4.69) is 15.6 Å². The number of thiazole rings is 1. The molecule has 2 aromatic rings. The predicted octanol–water partition coefficient (Wildman–Crippen LogP) is 3.10. The van der Waals surface area contributed by atoms with Crippen LogP contribution in [-0.4, -0.2) is 59.8 Å². The van der Waals surface area contributed by atoms with Crippen molar-refractivity contribution in [3.05, 3.63) is 28.1 Å². The Morgan fingerprint density at radius 2 is 2.07 bits per heavy atom. The van der Waals surface area contributed by atoms with Gasteiger partial charge in [0.1, 0.15) is 4.88 Å². The minimum atomic E-state index is -0.306. The molecule has 0 aliphatic carbocycles. The minimum absolute atomic E-state index is 0.135. The van der Waals surface area contributed by atoms with E-state index in [1.54, 1.807) is 25.9 Å². The van der Waals surface area contributed by atoms with Gasteiger partial charge >= 0.3 is 6.03 Å². The fraction of sp³-hybridized carbons (Fsp3) is 0.444. The highest BCUT2D eigenvalue weighted by molar-refractivity contribution is 7.17. The highest BCUT2D eigenvalue weighted by Gasteiger charge is 2.29. The van der Waals surface area contributed by atoms with Crippen LogP contribution in [0.4, 0.5) is 14.9 Å². The van der Waals surface area contributed by atoms with Crippen molar-refractivity contribution in [2.75, 3.05) is 37.8 Å². The summed E-state index contributed by atoms with van der Waals surface area (Å²) in [7, 11) is 3.36. The lowest BCUT2D eigenvalue weighted by Gasteiger charge is -2.31. The van der Waals surface area contributed by atoms with Gasteiger partial charge in [-0.3, -0.25) is 14.9 Å². The molecule has 8 nitrogen and oxygen atoms in total. The second kappa shape index (κ2) is 8.70. The molecule has 0 aromatic carbocycles. The van der Waals surface area contributed by atoms with Crippen molar-refractivity contribution in [2.45, 2.75) is 19.8 Å². The number of carbonyl (C=O) groups excluding carboxylic acids is 3. The highest BCUT2D eigenvalue weighted by Crippen LogP contribution is 2.26. The van der Waals surface area contributed by atoms with Gasteiger partial charge in [0.25, 0.3) is 5.91 Å². The Morgan fingerprint density at radius 3 is 2.75 bits per heavy atom. The molecule has 4 amide bonds. The number of aryl methyl sites for hydroxylation is 1. The number of thiophene rings is 1. The van der Waals surface area contributed by atoms with Crippen LogP contribution in [0.1, 0.15) is 28.2 Å². The number of hydrogen-bond acceptors (Lipinski definition) is 6. The maximum absolute atomic E-state index is 12.7. The number of urea groups is 1. The zero-order valence-corrected chi connectivity index (χ0v) is 17.7. The van der Waals surface area contributed by atoms with E-state index >= 15 is 0 Å². The normalized spacial score (nSPS) is 16.5. The SMILES string of the molecule is Cc1nc(NC(=O)C2CCCN(C(=O)Nc3cccs3)C2)sc1C(=O)N(C)C. The fourth-order valence-electron chi connectivity index (χ4n) is 2.97. The maximum Gasteiger partial charge on any atom is 0.322 e. The van der Waals surface area contributed by atoms with Crippen LogP contribution in [0, 0.1) is 12.8 Å². The molecule has 1 aliphatic heterocycles. The summed E-state index contributed by atoms with van der Waals surface area (Å²) in [4.78, 5) is 45.2. The molecule has 150 valence electrons. The van der Waals surface area contributed by atoms with Gasteiger partial charge in [0.2, 0.25) is 5.91 Å². The van der Waals surface area contributed by atoms with Crippen molar-refractivity contribution < 1.29 is 14.4 Å². The highest BCUT2D eigenvalue weighted by atomic mass is 32.1. The summed E-state index contributed by atoms with van der Waals surface area (Å²) in [5.41, 5.74) is 0.597. The molecule has 28 heavy (non-hydrogen) atoms. The van der Waals surface area contributed by atoms with E-state index < -0.39 is 0 Å². The van der Waals surface area contributed by atoms with Crippen LogP contribution in [0.15, 0.2) is 17.5 Å². The molecule has 2 N–H and O–H groups in total. The molecule has 2 aromatic heterocycles. The molecule has 0 saturated carbocycles. The molecule has 1 atom stereocenters. The van der Waals surface area contributed by atoms with Crippen molar-refractivity contribution in [2.24, 2.45) is 5.92 Å².